The molecule has 1 heterocycles. The Balaban J connectivity index is 2.30. The van der Waals surface area contributed by atoms with Gasteiger partial charge in [-0.05, 0) is 23.6 Å². The molecule has 0 amide bonds. The van der Waals surface area contributed by atoms with Crippen molar-refractivity contribution < 1.29 is 4.74 Å². The van der Waals surface area contributed by atoms with Gasteiger partial charge >= 0.3 is 0 Å². The van der Waals surface area contributed by atoms with Crippen LogP contribution in [0.15, 0.2) is 49.1 Å². The summed E-state index contributed by atoms with van der Waals surface area (Å²) in [7, 11) is 0. The molecule has 0 radical (unpaired) electrons. The number of nitrogens with zero attached hydrogens (tertiary/aromatic N) is 3. The normalized spacial score (nSPS) is 12.5. The third kappa shape index (κ3) is 3.45. The first-order valence-corrected chi connectivity index (χ1v) is 5.85. The van der Waals surface area contributed by atoms with Gasteiger partial charge in [0.05, 0.1) is 0 Å². The zero-order chi connectivity index (χ0) is 13.0. The van der Waals surface area contributed by atoms with Gasteiger partial charge in [-0.3, -0.25) is 0 Å². The second-order valence-electron chi connectivity index (χ2n) is 5.10. The van der Waals surface area contributed by atoms with Crippen LogP contribution in [-0.2, 0) is 0 Å². The number of hydrogen-bond acceptors (Lipinski definition) is 3. The summed E-state index contributed by atoms with van der Waals surface area (Å²) < 4.78 is 7.48. The number of rotatable bonds is 3. The van der Waals surface area contributed by atoms with E-state index in [0.29, 0.717) is 5.88 Å². The lowest BCUT2D eigenvalue weighted by atomic mass is 9.97. The second-order valence-corrected chi connectivity index (χ2v) is 5.10. The van der Waals surface area contributed by atoms with E-state index in [4.69, 9.17) is 4.74 Å². The molecule has 1 aromatic carbocycles. The number of benzene rings is 1. The Hall–Kier alpha value is -2.10. The monoisotopic (exact) mass is 243 g/mol. The van der Waals surface area contributed by atoms with Crippen LogP contribution >= 0.6 is 0 Å². The molecule has 0 aliphatic rings. The van der Waals surface area contributed by atoms with Gasteiger partial charge in [0.2, 0.25) is 5.88 Å². The molecule has 4 heteroatoms. The molecule has 2 rings (SSSR count). The molecule has 4 nitrogen and oxygen atoms in total. The molecular formula is C14H17N3O. The first kappa shape index (κ1) is 12.4. The number of hydrogen-bond donors (Lipinski definition) is 0. The predicted molar refractivity (Wildman–Crippen MR) is 70.8 cm³/mol. The van der Waals surface area contributed by atoms with Crippen molar-refractivity contribution in [2.75, 3.05) is 0 Å². The highest BCUT2D eigenvalue weighted by Gasteiger charge is 2.12. The summed E-state index contributed by atoms with van der Waals surface area (Å²) in [4.78, 5) is 3.95. The quantitative estimate of drug-likeness (QED) is 0.777. The fourth-order valence-corrected chi connectivity index (χ4v) is 1.44. The maximum absolute atomic E-state index is 5.86. The van der Waals surface area contributed by atoms with Gasteiger partial charge in [0.1, 0.15) is 18.4 Å². The zero-order valence-corrected chi connectivity index (χ0v) is 10.9. The molecule has 0 saturated carbocycles. The Morgan fingerprint density at radius 2 is 1.94 bits per heavy atom. The highest BCUT2D eigenvalue weighted by Crippen LogP contribution is 2.22. The second kappa shape index (κ2) is 5.04. The lowest BCUT2D eigenvalue weighted by Gasteiger charge is -2.16. The fraction of sp³-hybridized carbons (Fsp3) is 0.286. The first-order valence-electron chi connectivity index (χ1n) is 5.85. The number of para-hydroxylation sites is 1. The van der Waals surface area contributed by atoms with Gasteiger partial charge in [0.15, 0.2) is 0 Å². The number of aromatic nitrogens is 3. The highest BCUT2D eigenvalue weighted by molar-refractivity contribution is 5.42. The molecule has 0 aliphatic carbocycles. The maximum atomic E-state index is 5.86. The number of allylic oxidation sites excluding steroid dienone is 1. The van der Waals surface area contributed by atoms with Gasteiger partial charge in [0.25, 0.3) is 0 Å². The standard InChI is InChI=1S/C14H17N3O/c1-14(2,3)9-13(17-11-15-10-16-17)18-12-7-5-4-6-8-12/h4-11H,1-3H3/b13-9-. The molecule has 94 valence electrons. The molecule has 18 heavy (non-hydrogen) atoms. The van der Waals surface area contributed by atoms with E-state index in [2.05, 4.69) is 30.9 Å². The van der Waals surface area contributed by atoms with Crippen LogP contribution in [0.5, 0.6) is 5.75 Å². The van der Waals surface area contributed by atoms with E-state index in [0.717, 1.165) is 5.75 Å². The molecule has 2 aromatic rings. The van der Waals surface area contributed by atoms with Crippen molar-refractivity contribution in [1.29, 1.82) is 0 Å². The maximum Gasteiger partial charge on any atom is 0.218 e. The van der Waals surface area contributed by atoms with E-state index in [1.54, 1.807) is 11.0 Å². The summed E-state index contributed by atoms with van der Waals surface area (Å²) in [5, 5.41) is 4.11. The van der Waals surface area contributed by atoms with Crippen LogP contribution in [0.1, 0.15) is 20.8 Å². The van der Waals surface area contributed by atoms with Crippen LogP contribution in [-0.4, -0.2) is 14.8 Å². The molecule has 1 aromatic heterocycles. The Bertz CT molecular complexity index is 510. The molecule has 0 spiro atoms. The fourth-order valence-electron chi connectivity index (χ4n) is 1.44. The smallest absolute Gasteiger partial charge is 0.218 e. The van der Waals surface area contributed by atoms with Crippen molar-refractivity contribution in [2.45, 2.75) is 20.8 Å². The molecular weight excluding hydrogens is 226 g/mol. The summed E-state index contributed by atoms with van der Waals surface area (Å²) >= 11 is 0. The minimum absolute atomic E-state index is 0.00391. The third-order valence-electron chi connectivity index (χ3n) is 2.17. The van der Waals surface area contributed by atoms with Crippen LogP contribution in [0.25, 0.3) is 5.88 Å². The summed E-state index contributed by atoms with van der Waals surface area (Å²) in [6.45, 7) is 6.33. The van der Waals surface area contributed by atoms with E-state index in [-0.39, 0.29) is 5.41 Å². The Labute approximate surface area is 107 Å². The topological polar surface area (TPSA) is 39.9 Å². The highest BCUT2D eigenvalue weighted by atomic mass is 16.5. The molecule has 0 N–H and O–H groups in total. The van der Waals surface area contributed by atoms with Gasteiger partial charge in [-0.15, -0.1) is 0 Å². The SMILES string of the molecule is CC(C)(C)/C=C(\Oc1ccccc1)n1cncn1. The minimum atomic E-state index is -0.00391. The van der Waals surface area contributed by atoms with Gasteiger partial charge in [-0.2, -0.15) is 9.78 Å². The molecule has 0 atom stereocenters. The molecule has 0 bridgehead atoms. The summed E-state index contributed by atoms with van der Waals surface area (Å²) in [6, 6.07) is 9.65. The van der Waals surface area contributed by atoms with Gasteiger partial charge in [0, 0.05) is 0 Å². The largest absolute Gasteiger partial charge is 0.439 e. The average Bonchev–Trinajstić information content (AvgIpc) is 2.81. The zero-order valence-electron chi connectivity index (χ0n) is 10.9. The van der Waals surface area contributed by atoms with Crippen molar-refractivity contribution in [3.05, 3.63) is 49.1 Å². The van der Waals surface area contributed by atoms with Gasteiger partial charge in [-0.1, -0.05) is 39.0 Å². The van der Waals surface area contributed by atoms with Gasteiger partial charge < -0.3 is 4.74 Å². The molecule has 0 aliphatic heterocycles. The van der Waals surface area contributed by atoms with Crippen molar-refractivity contribution in [2.24, 2.45) is 5.41 Å². The molecule has 0 fully saturated rings. The van der Waals surface area contributed by atoms with E-state index < -0.39 is 0 Å². The molecule has 0 saturated heterocycles. The van der Waals surface area contributed by atoms with Crippen LogP contribution < -0.4 is 4.74 Å². The van der Waals surface area contributed by atoms with Crippen LogP contribution in [0, 0.1) is 5.41 Å². The summed E-state index contributed by atoms with van der Waals surface area (Å²) in [5.41, 5.74) is -0.00391. The van der Waals surface area contributed by atoms with Crippen LogP contribution in [0.3, 0.4) is 0 Å². The van der Waals surface area contributed by atoms with E-state index in [1.807, 2.05) is 36.4 Å². The van der Waals surface area contributed by atoms with Crippen molar-refractivity contribution in [1.82, 2.24) is 14.8 Å². The molecule has 0 unspecified atom stereocenters. The van der Waals surface area contributed by atoms with E-state index in [1.165, 1.54) is 6.33 Å². The van der Waals surface area contributed by atoms with Crippen molar-refractivity contribution in [3.63, 3.8) is 0 Å². The first-order chi connectivity index (χ1) is 8.54. The lowest BCUT2D eigenvalue weighted by molar-refractivity contribution is 0.443. The van der Waals surface area contributed by atoms with E-state index >= 15 is 0 Å². The number of ether oxygens (including phenoxy) is 1. The summed E-state index contributed by atoms with van der Waals surface area (Å²) in [5.74, 6) is 1.44. The van der Waals surface area contributed by atoms with Crippen molar-refractivity contribution >= 4 is 5.88 Å². The predicted octanol–water partition coefficient (Wildman–Crippen LogP) is 3.20. The lowest BCUT2D eigenvalue weighted by Crippen LogP contribution is -2.10. The Morgan fingerprint density at radius 1 is 1.22 bits per heavy atom. The Morgan fingerprint density at radius 3 is 2.50 bits per heavy atom. The van der Waals surface area contributed by atoms with E-state index in [9.17, 15) is 0 Å². The van der Waals surface area contributed by atoms with Gasteiger partial charge in [-0.25, -0.2) is 4.98 Å². The minimum Gasteiger partial charge on any atom is -0.439 e. The Kier molecular flexibility index (Phi) is 3.46. The van der Waals surface area contributed by atoms with Crippen LogP contribution in [0.4, 0.5) is 0 Å². The van der Waals surface area contributed by atoms with Crippen LogP contribution in [0.2, 0.25) is 0 Å². The summed E-state index contributed by atoms with van der Waals surface area (Å²) in [6.07, 6.45) is 5.14. The average molecular weight is 243 g/mol. The van der Waals surface area contributed by atoms with Crippen molar-refractivity contribution in [3.8, 4) is 5.75 Å². The third-order valence-corrected chi connectivity index (χ3v) is 2.17.